The van der Waals surface area contributed by atoms with Crippen LogP contribution in [0.3, 0.4) is 0 Å². The third-order valence-electron chi connectivity index (χ3n) is 0. The molecular formula is H8NO7Tm+2. The first-order valence-corrected chi connectivity index (χ1v) is 0.548. The summed E-state index contributed by atoms with van der Waals surface area (Å²) in [6, 6.07) is 0. The summed E-state index contributed by atoms with van der Waals surface area (Å²) in [4.78, 5) is 8.25. The quantitative estimate of drug-likeness (QED) is 0.331. The van der Waals surface area contributed by atoms with Gasteiger partial charge in [0.25, 0.3) is 0 Å². The molecule has 0 saturated heterocycles. The van der Waals surface area contributed by atoms with Gasteiger partial charge in [0.2, 0.25) is 0 Å². The second-order valence-electron chi connectivity index (χ2n) is 0.224. The molecule has 0 spiro atoms. The Morgan fingerprint density at radius 3 is 0.889 bits per heavy atom. The molecule has 0 heterocycles. The summed E-state index contributed by atoms with van der Waals surface area (Å²) < 4.78 is 0. The Morgan fingerprint density at radius 1 is 0.889 bits per heavy atom. The molecule has 0 fully saturated rings. The van der Waals surface area contributed by atoms with Gasteiger partial charge >= 0.3 is 36.9 Å². The topological polar surface area (TPSA) is 192 Å². The van der Waals surface area contributed by atoms with Gasteiger partial charge in [-0.2, -0.15) is 0 Å². The van der Waals surface area contributed by atoms with Crippen molar-refractivity contribution in [2.45, 2.75) is 0 Å². The van der Waals surface area contributed by atoms with Crippen LogP contribution in [0.15, 0.2) is 0 Å². The molecule has 0 saturated carbocycles. The minimum absolute atomic E-state index is 0. The van der Waals surface area contributed by atoms with E-state index in [1.807, 2.05) is 0 Å². The molecule has 0 unspecified atom stereocenters. The van der Waals surface area contributed by atoms with Crippen LogP contribution in [0.2, 0.25) is 0 Å². The number of hydrogen-bond donors (Lipinski definition) is 0. The van der Waals surface area contributed by atoms with Crippen LogP contribution in [0.5, 0.6) is 0 Å². The van der Waals surface area contributed by atoms with Gasteiger partial charge in [0.1, 0.15) is 0 Å². The van der Waals surface area contributed by atoms with Crippen molar-refractivity contribution in [3.05, 3.63) is 15.3 Å². The Kier molecular flexibility index (Phi) is 269. The predicted octanol–water partition coefficient (Wildman–Crippen LogP) is -3.54. The van der Waals surface area contributed by atoms with Crippen molar-refractivity contribution in [1.29, 1.82) is 0 Å². The minimum Gasteiger partial charge on any atom is -0.412 e. The first kappa shape index (κ1) is 59.2. The molecule has 0 bridgehead atoms. The monoisotopic (exact) mass is 303 g/mol. The van der Waals surface area contributed by atoms with Crippen LogP contribution in [0.1, 0.15) is 0 Å². The van der Waals surface area contributed by atoms with Crippen molar-refractivity contribution >= 4 is 0 Å². The summed E-state index contributed by atoms with van der Waals surface area (Å²) in [7, 11) is 0. The number of hydrogen-bond acceptors (Lipinski definition) is 3. The van der Waals surface area contributed by atoms with Gasteiger partial charge in [0, 0.05) is 0 Å². The van der Waals surface area contributed by atoms with Gasteiger partial charge in [-0.25, -0.2) is 0 Å². The third kappa shape index (κ3) is 4350. The van der Waals surface area contributed by atoms with Crippen LogP contribution < -0.4 is 0 Å². The van der Waals surface area contributed by atoms with E-state index in [2.05, 4.69) is 0 Å². The van der Waals surface area contributed by atoms with Gasteiger partial charge < -0.3 is 37.2 Å². The molecular weight excluding hydrogens is 295 g/mol. The summed E-state index contributed by atoms with van der Waals surface area (Å²) in [6.07, 6.45) is 0. The summed E-state index contributed by atoms with van der Waals surface area (Å²) in [5.41, 5.74) is 0. The Bertz CT molecular complexity index is 31.9. The zero-order valence-corrected chi connectivity index (χ0v) is 5.73. The van der Waals surface area contributed by atoms with Crippen LogP contribution in [0.25, 0.3) is 0 Å². The number of rotatable bonds is 0. The zero-order chi connectivity index (χ0) is 3.58. The fraction of sp³-hybridized carbons (Fsp3) is 0. The summed E-state index contributed by atoms with van der Waals surface area (Å²) in [5.74, 6) is 0. The molecule has 9 heteroatoms. The standard InChI is InChI=1S/NO3.4H2O.Tm/c2-1(3)4;;;;;/h;4*1H2;/q-1;;;;;+3. The maximum Gasteiger partial charge on any atom is 3.00 e. The van der Waals surface area contributed by atoms with Crippen molar-refractivity contribution in [3.63, 3.8) is 0 Å². The van der Waals surface area contributed by atoms with Crippen LogP contribution in [0, 0.1) is 52.2 Å². The molecule has 0 amide bonds. The molecule has 8 N–H and O–H groups in total. The van der Waals surface area contributed by atoms with Gasteiger partial charge in [-0.3, -0.25) is 0 Å². The van der Waals surface area contributed by atoms with Gasteiger partial charge in [0.05, 0.1) is 5.09 Å². The summed E-state index contributed by atoms with van der Waals surface area (Å²) in [6.45, 7) is 0. The van der Waals surface area contributed by atoms with E-state index in [0.29, 0.717) is 0 Å². The first-order valence-electron chi connectivity index (χ1n) is 0.548. The van der Waals surface area contributed by atoms with Crippen LogP contribution in [0.4, 0.5) is 0 Å². The van der Waals surface area contributed by atoms with E-state index in [0.717, 1.165) is 0 Å². The average Bonchev–Trinajstić information content (AvgIpc) is 0.811. The molecule has 0 aromatic carbocycles. The predicted molar refractivity (Wildman–Crippen MR) is 24.8 cm³/mol. The van der Waals surface area contributed by atoms with Crippen molar-refractivity contribution in [2.75, 3.05) is 0 Å². The van der Waals surface area contributed by atoms with E-state index in [1.165, 1.54) is 0 Å². The summed E-state index contributed by atoms with van der Waals surface area (Å²) >= 11 is 0. The van der Waals surface area contributed by atoms with E-state index in [9.17, 15) is 0 Å². The van der Waals surface area contributed by atoms with Gasteiger partial charge in [-0.05, 0) is 0 Å². The van der Waals surface area contributed by atoms with Gasteiger partial charge in [-0.1, -0.05) is 0 Å². The van der Waals surface area contributed by atoms with E-state index in [4.69, 9.17) is 15.3 Å². The fourth-order valence-corrected chi connectivity index (χ4v) is 0. The van der Waals surface area contributed by atoms with Crippen molar-refractivity contribution in [1.82, 2.24) is 0 Å². The second-order valence-corrected chi connectivity index (χ2v) is 0.224. The van der Waals surface area contributed by atoms with Gasteiger partial charge in [-0.15, -0.1) is 0 Å². The Labute approximate surface area is 79.0 Å². The van der Waals surface area contributed by atoms with Crippen LogP contribution in [-0.2, 0) is 0 Å². The van der Waals surface area contributed by atoms with E-state index in [-0.39, 0.29) is 58.8 Å². The minimum atomic E-state index is -1.75. The molecule has 0 aliphatic rings. The maximum absolute atomic E-state index is 8.25. The SMILES string of the molecule is O.O.O.O.O=[N+]([O-])[O-].[Tm+3]. The molecule has 0 rings (SSSR count). The fourth-order valence-electron chi connectivity index (χ4n) is 0. The molecule has 0 aromatic heterocycles. The summed E-state index contributed by atoms with van der Waals surface area (Å²) in [5, 5.41) is 14.8. The molecule has 8 nitrogen and oxygen atoms in total. The van der Waals surface area contributed by atoms with Gasteiger partial charge in [0.15, 0.2) is 0 Å². The molecule has 0 aromatic rings. The largest absolute Gasteiger partial charge is 3.00 e. The van der Waals surface area contributed by atoms with Crippen molar-refractivity contribution in [2.24, 2.45) is 0 Å². The van der Waals surface area contributed by atoms with E-state index < -0.39 is 5.09 Å². The molecule has 0 aliphatic carbocycles. The molecule has 0 atom stereocenters. The van der Waals surface area contributed by atoms with Crippen molar-refractivity contribution in [3.8, 4) is 0 Å². The molecule has 0 radical (unpaired) electrons. The van der Waals surface area contributed by atoms with Crippen molar-refractivity contribution < 1.29 is 63.9 Å². The van der Waals surface area contributed by atoms with Crippen LogP contribution >= 0.6 is 0 Å². The zero-order valence-electron chi connectivity index (χ0n) is 3.95. The Hall–Kier alpha value is 0.274. The van der Waals surface area contributed by atoms with E-state index in [1.54, 1.807) is 0 Å². The smallest absolute Gasteiger partial charge is 0.412 e. The third-order valence-corrected chi connectivity index (χ3v) is 0. The Morgan fingerprint density at radius 2 is 0.889 bits per heavy atom. The average molecular weight is 303 g/mol. The number of nitrogens with zero attached hydrogens (tertiary/aromatic N) is 1. The second kappa shape index (κ2) is 40.8. The Balaban J connectivity index is -0.00000000450. The first-order chi connectivity index (χ1) is 1.73. The van der Waals surface area contributed by atoms with Crippen LogP contribution in [-0.4, -0.2) is 27.0 Å². The molecule has 9 heavy (non-hydrogen) atoms. The molecule has 66 valence electrons. The van der Waals surface area contributed by atoms with E-state index >= 15 is 0 Å². The normalized spacial score (nSPS) is 2.67. The maximum atomic E-state index is 8.25. The molecule has 0 aliphatic heterocycles.